The van der Waals surface area contributed by atoms with Crippen LogP contribution in [0.15, 0.2) is 12.2 Å². The number of nitrogens with one attached hydrogen (secondary N) is 1. The van der Waals surface area contributed by atoms with Crippen LogP contribution in [0.5, 0.6) is 0 Å². The van der Waals surface area contributed by atoms with Crippen LogP contribution in [0, 0.1) is 10.8 Å². The van der Waals surface area contributed by atoms with E-state index in [-0.39, 0.29) is 5.91 Å². The molecule has 3 aliphatic rings. The van der Waals surface area contributed by atoms with E-state index in [0.29, 0.717) is 31.2 Å². The summed E-state index contributed by atoms with van der Waals surface area (Å²) in [6.45, 7) is 1.98. The van der Waals surface area contributed by atoms with Crippen molar-refractivity contribution in [2.24, 2.45) is 16.6 Å². The molecule has 1 amide bonds. The molecular weight excluding hydrogens is 276 g/mol. The quantitative estimate of drug-likeness (QED) is 0.785. The first-order valence-electron chi connectivity index (χ1n) is 8.95. The first kappa shape index (κ1) is 16.0. The average molecular weight is 306 g/mol. The molecule has 0 bridgehead atoms. The van der Waals surface area contributed by atoms with Gasteiger partial charge in [-0.1, -0.05) is 31.4 Å². The lowest BCUT2D eigenvalue weighted by Gasteiger charge is -2.40. The molecule has 0 radical (unpaired) electrons. The molecule has 22 heavy (non-hydrogen) atoms. The number of hydrogen-bond donors (Lipinski definition) is 2. The minimum absolute atomic E-state index is 0.174. The van der Waals surface area contributed by atoms with Gasteiger partial charge >= 0.3 is 0 Å². The fraction of sp³-hybridized carbons (Fsp3) is 0.833. The van der Waals surface area contributed by atoms with Crippen LogP contribution in [-0.2, 0) is 9.53 Å². The Bertz CT molecular complexity index is 421. The molecule has 1 atom stereocenters. The number of allylic oxidation sites excluding steroid dienone is 1. The van der Waals surface area contributed by atoms with Gasteiger partial charge < -0.3 is 15.8 Å². The minimum atomic E-state index is -0.411. The number of carbonyl (C=O) groups is 1. The van der Waals surface area contributed by atoms with E-state index in [2.05, 4.69) is 17.5 Å². The van der Waals surface area contributed by atoms with Gasteiger partial charge in [0.25, 0.3) is 0 Å². The predicted molar refractivity (Wildman–Crippen MR) is 87.4 cm³/mol. The van der Waals surface area contributed by atoms with Crippen molar-refractivity contribution in [3.05, 3.63) is 12.2 Å². The topological polar surface area (TPSA) is 64.4 Å². The van der Waals surface area contributed by atoms with Crippen LogP contribution in [0.4, 0.5) is 0 Å². The molecule has 1 unspecified atom stereocenters. The number of ether oxygens (including phenoxy) is 1. The Morgan fingerprint density at radius 2 is 1.86 bits per heavy atom. The Kier molecular flexibility index (Phi) is 4.88. The Labute approximate surface area is 133 Å². The number of amides is 1. The molecule has 1 aliphatic heterocycles. The molecule has 1 saturated heterocycles. The molecule has 2 aliphatic carbocycles. The molecule has 2 fully saturated rings. The molecule has 3 rings (SSSR count). The van der Waals surface area contributed by atoms with E-state index in [1.54, 1.807) is 0 Å². The van der Waals surface area contributed by atoms with Crippen molar-refractivity contribution in [1.29, 1.82) is 0 Å². The van der Waals surface area contributed by atoms with Crippen molar-refractivity contribution in [2.45, 2.75) is 63.8 Å². The van der Waals surface area contributed by atoms with Gasteiger partial charge in [0.1, 0.15) is 0 Å². The van der Waals surface area contributed by atoms with Gasteiger partial charge in [-0.25, -0.2) is 0 Å². The van der Waals surface area contributed by atoms with Gasteiger partial charge in [-0.3, -0.25) is 4.79 Å². The highest BCUT2D eigenvalue weighted by molar-refractivity contribution is 5.81. The van der Waals surface area contributed by atoms with Crippen LogP contribution < -0.4 is 11.1 Å². The summed E-state index contributed by atoms with van der Waals surface area (Å²) in [7, 11) is 0. The zero-order valence-corrected chi connectivity index (χ0v) is 13.6. The zero-order valence-electron chi connectivity index (χ0n) is 13.6. The lowest BCUT2D eigenvalue weighted by molar-refractivity contribution is -0.133. The summed E-state index contributed by atoms with van der Waals surface area (Å²) >= 11 is 0. The van der Waals surface area contributed by atoms with Crippen molar-refractivity contribution >= 4 is 5.91 Å². The molecule has 1 spiro atoms. The van der Waals surface area contributed by atoms with Crippen molar-refractivity contribution < 1.29 is 9.53 Å². The minimum Gasteiger partial charge on any atom is -0.381 e. The lowest BCUT2D eigenvalue weighted by atomic mass is 9.68. The van der Waals surface area contributed by atoms with Gasteiger partial charge in [-0.05, 0) is 43.9 Å². The second-order valence-corrected chi connectivity index (χ2v) is 7.57. The average Bonchev–Trinajstić information content (AvgIpc) is 2.56. The van der Waals surface area contributed by atoms with E-state index in [4.69, 9.17) is 10.5 Å². The molecule has 0 aromatic rings. The maximum Gasteiger partial charge on any atom is 0.225 e. The zero-order chi connectivity index (χ0) is 15.5. The summed E-state index contributed by atoms with van der Waals surface area (Å²) < 4.78 is 5.39. The van der Waals surface area contributed by atoms with Crippen molar-refractivity contribution in [3.8, 4) is 0 Å². The second-order valence-electron chi connectivity index (χ2n) is 7.57. The smallest absolute Gasteiger partial charge is 0.225 e. The van der Waals surface area contributed by atoms with Crippen LogP contribution in [0.25, 0.3) is 0 Å². The van der Waals surface area contributed by atoms with Gasteiger partial charge in [-0.15, -0.1) is 0 Å². The van der Waals surface area contributed by atoms with Gasteiger partial charge in [0, 0.05) is 25.8 Å². The van der Waals surface area contributed by atoms with E-state index in [0.717, 1.165) is 12.8 Å². The van der Waals surface area contributed by atoms with Gasteiger partial charge in [0.15, 0.2) is 0 Å². The molecule has 124 valence electrons. The van der Waals surface area contributed by atoms with Crippen molar-refractivity contribution in [3.63, 3.8) is 0 Å². The number of primary amides is 1. The van der Waals surface area contributed by atoms with E-state index in [9.17, 15) is 4.79 Å². The Morgan fingerprint density at radius 3 is 2.45 bits per heavy atom. The monoisotopic (exact) mass is 306 g/mol. The molecule has 1 heterocycles. The van der Waals surface area contributed by atoms with Crippen LogP contribution >= 0.6 is 0 Å². The van der Waals surface area contributed by atoms with E-state index in [1.807, 2.05) is 0 Å². The fourth-order valence-electron chi connectivity index (χ4n) is 4.38. The van der Waals surface area contributed by atoms with Gasteiger partial charge in [0.2, 0.25) is 5.91 Å². The van der Waals surface area contributed by atoms with E-state index < -0.39 is 5.41 Å². The molecule has 0 aromatic heterocycles. The third kappa shape index (κ3) is 3.38. The number of hydrogen-bond acceptors (Lipinski definition) is 3. The first-order valence-corrected chi connectivity index (χ1v) is 8.95. The standard InChI is InChI=1S/C18H30N2O2/c19-16(21)18(10-12-22-13-11-18)14-20-15-4-8-17(9-5-15)6-2-1-3-7-17/h4,8,15,20H,1-3,5-7,9-14H2,(H2,19,21). The van der Waals surface area contributed by atoms with Crippen LogP contribution in [0.1, 0.15) is 57.8 Å². The van der Waals surface area contributed by atoms with E-state index >= 15 is 0 Å². The summed E-state index contributed by atoms with van der Waals surface area (Å²) in [5, 5.41) is 3.59. The third-order valence-corrected chi connectivity index (χ3v) is 6.16. The highest BCUT2D eigenvalue weighted by Gasteiger charge is 2.39. The summed E-state index contributed by atoms with van der Waals surface area (Å²) in [4.78, 5) is 11.9. The second kappa shape index (κ2) is 6.71. The normalized spacial score (nSPS) is 30.3. The summed E-state index contributed by atoms with van der Waals surface area (Å²) in [5.41, 5.74) is 5.75. The van der Waals surface area contributed by atoms with Crippen LogP contribution in [0.2, 0.25) is 0 Å². The first-order chi connectivity index (χ1) is 10.6. The molecule has 1 saturated carbocycles. The summed E-state index contributed by atoms with van der Waals surface area (Å²) in [5.74, 6) is -0.174. The lowest BCUT2D eigenvalue weighted by Crippen LogP contribution is -2.50. The Balaban J connectivity index is 1.55. The van der Waals surface area contributed by atoms with E-state index in [1.165, 1.54) is 44.9 Å². The van der Waals surface area contributed by atoms with Crippen LogP contribution in [-0.4, -0.2) is 31.7 Å². The number of nitrogens with two attached hydrogens (primary N) is 1. The van der Waals surface area contributed by atoms with Crippen molar-refractivity contribution in [2.75, 3.05) is 19.8 Å². The molecule has 3 N–H and O–H groups in total. The van der Waals surface area contributed by atoms with Gasteiger partial charge in [0.05, 0.1) is 5.41 Å². The summed E-state index contributed by atoms with van der Waals surface area (Å²) in [6, 6.07) is 0.395. The maximum absolute atomic E-state index is 11.9. The highest BCUT2D eigenvalue weighted by atomic mass is 16.5. The fourth-order valence-corrected chi connectivity index (χ4v) is 4.38. The largest absolute Gasteiger partial charge is 0.381 e. The molecule has 4 heteroatoms. The molecule has 4 nitrogen and oxygen atoms in total. The third-order valence-electron chi connectivity index (χ3n) is 6.16. The van der Waals surface area contributed by atoms with Crippen LogP contribution in [0.3, 0.4) is 0 Å². The van der Waals surface area contributed by atoms with Gasteiger partial charge in [-0.2, -0.15) is 0 Å². The highest BCUT2D eigenvalue weighted by Crippen LogP contribution is 2.44. The molecule has 0 aromatic carbocycles. The number of rotatable bonds is 4. The predicted octanol–water partition coefficient (Wildman–Crippen LogP) is 2.53. The summed E-state index contributed by atoms with van der Waals surface area (Å²) in [6.07, 6.45) is 15.7. The SMILES string of the molecule is NC(=O)C1(CNC2C=CC3(CCCCC3)CC2)CCOCC1. The molecular formula is C18H30N2O2. The maximum atomic E-state index is 11.9. The van der Waals surface area contributed by atoms with Crippen molar-refractivity contribution in [1.82, 2.24) is 5.32 Å². The number of carbonyl (C=O) groups excluding carboxylic acids is 1. The Hall–Kier alpha value is -0.870. The Morgan fingerprint density at radius 1 is 1.14 bits per heavy atom.